The summed E-state index contributed by atoms with van der Waals surface area (Å²) in [6, 6.07) is 7.38. The fraction of sp³-hybridized carbons (Fsp3) is 0.312. The third-order valence-electron chi connectivity index (χ3n) is 5.53. The lowest BCUT2D eigenvalue weighted by atomic mass is 10.1. The predicted octanol–water partition coefficient (Wildman–Crippen LogP) is 8.38. The van der Waals surface area contributed by atoms with Crippen molar-refractivity contribution in [2.24, 2.45) is 0 Å². The minimum absolute atomic E-state index is 0.0231. The number of hydrogen-bond donors (Lipinski definition) is 1. The van der Waals surface area contributed by atoms with Crippen LogP contribution in [0.15, 0.2) is 65.3 Å². The van der Waals surface area contributed by atoms with Gasteiger partial charge in [-0.25, -0.2) is 24.2 Å². The first-order valence-corrected chi connectivity index (χ1v) is 15.5. The smallest absolute Gasteiger partial charge is 0.416 e. The molecule has 1 N–H and O–H groups in total. The minimum Gasteiger partial charge on any atom is -0.460 e. The number of carbonyl (C=O) groups is 2. The Morgan fingerprint density at radius 1 is 0.796 bits per heavy atom. The molecule has 2 aromatic carbocycles. The van der Waals surface area contributed by atoms with Gasteiger partial charge in [0.15, 0.2) is 11.6 Å². The fourth-order valence-corrected chi connectivity index (χ4v) is 4.01. The van der Waals surface area contributed by atoms with Gasteiger partial charge in [-0.15, -0.1) is 5.10 Å². The second kappa shape index (κ2) is 18.3. The zero-order valence-corrected chi connectivity index (χ0v) is 29.3. The van der Waals surface area contributed by atoms with E-state index in [-0.39, 0.29) is 29.6 Å². The highest BCUT2D eigenvalue weighted by Crippen LogP contribution is 2.33. The third-order valence-corrected chi connectivity index (χ3v) is 5.89. The molecule has 2 heterocycles. The van der Waals surface area contributed by atoms with Crippen molar-refractivity contribution in [2.45, 2.75) is 66.1 Å². The van der Waals surface area contributed by atoms with E-state index in [0.29, 0.717) is 22.5 Å². The molecule has 0 aliphatic heterocycles. The van der Waals surface area contributed by atoms with Crippen molar-refractivity contribution in [3.05, 3.63) is 87.5 Å². The summed E-state index contributed by atoms with van der Waals surface area (Å²) in [5.41, 5.74) is 0.168. The van der Waals surface area contributed by atoms with E-state index in [1.807, 2.05) is 36.4 Å². The van der Waals surface area contributed by atoms with Gasteiger partial charge in [-0.1, -0.05) is 22.6 Å². The SMILES string of the molecule is CC(C)OC(=O)/C=C\I.Cc1cc(-c2ncn(/C=C\C(=O)OC(C)C)n2)cc(C(F)(F)F)c1.Cc1cc(-c2ncn[nH]2)cc(C(F)(F)F)c1. The van der Waals surface area contributed by atoms with Crippen LogP contribution in [0.5, 0.6) is 0 Å². The predicted molar refractivity (Wildman–Crippen MR) is 178 cm³/mol. The van der Waals surface area contributed by atoms with Crippen LogP contribution < -0.4 is 0 Å². The Hall–Kier alpha value is -4.55. The number of halogens is 7. The zero-order chi connectivity index (χ0) is 36.9. The number of aryl methyl sites for hydroxylation is 2. The Morgan fingerprint density at radius 3 is 1.78 bits per heavy atom. The van der Waals surface area contributed by atoms with Crippen LogP contribution in [0.4, 0.5) is 26.3 Å². The summed E-state index contributed by atoms with van der Waals surface area (Å²) >= 11 is 1.97. The summed E-state index contributed by atoms with van der Waals surface area (Å²) in [4.78, 5) is 29.7. The van der Waals surface area contributed by atoms with Gasteiger partial charge < -0.3 is 9.47 Å². The molecule has 0 saturated carbocycles. The minimum atomic E-state index is -4.44. The molecule has 0 bridgehead atoms. The fourth-order valence-electron chi connectivity index (χ4n) is 3.71. The first kappa shape index (κ1) is 40.6. The average molecular weight is 807 g/mol. The largest absolute Gasteiger partial charge is 0.460 e. The molecule has 0 aliphatic carbocycles. The van der Waals surface area contributed by atoms with Crippen LogP contribution in [0.2, 0.25) is 0 Å². The highest BCUT2D eigenvalue weighted by molar-refractivity contribution is 14.1. The first-order valence-electron chi connectivity index (χ1n) is 14.3. The van der Waals surface area contributed by atoms with Crippen LogP contribution in [-0.4, -0.2) is 54.1 Å². The summed E-state index contributed by atoms with van der Waals surface area (Å²) in [6.07, 6.45) is -2.63. The lowest BCUT2D eigenvalue weighted by Gasteiger charge is -2.09. The zero-order valence-electron chi connectivity index (χ0n) is 27.1. The summed E-state index contributed by atoms with van der Waals surface area (Å²) in [7, 11) is 0. The molecule has 2 aromatic heterocycles. The number of H-pyrrole nitrogens is 1. The highest BCUT2D eigenvalue weighted by Gasteiger charge is 2.32. The third kappa shape index (κ3) is 14.6. The van der Waals surface area contributed by atoms with Gasteiger partial charge in [0.25, 0.3) is 0 Å². The van der Waals surface area contributed by atoms with Crippen LogP contribution in [0.25, 0.3) is 29.0 Å². The van der Waals surface area contributed by atoms with Crippen LogP contribution in [0, 0.1) is 13.8 Å². The molecular weight excluding hydrogens is 773 g/mol. The van der Waals surface area contributed by atoms with Crippen molar-refractivity contribution in [2.75, 3.05) is 0 Å². The number of carbonyl (C=O) groups excluding carboxylic acids is 2. The van der Waals surface area contributed by atoms with Gasteiger partial charge in [-0.2, -0.15) is 31.4 Å². The quantitative estimate of drug-likeness (QED) is 0.0856. The molecule has 0 aliphatic rings. The van der Waals surface area contributed by atoms with Gasteiger partial charge in [0.1, 0.15) is 12.7 Å². The molecule has 4 aromatic rings. The molecule has 0 atom stereocenters. The van der Waals surface area contributed by atoms with E-state index >= 15 is 0 Å². The molecule has 4 rings (SSSR count). The molecule has 49 heavy (non-hydrogen) atoms. The second-order valence-electron chi connectivity index (χ2n) is 10.6. The Bertz CT molecular complexity index is 1730. The number of nitrogens with zero attached hydrogens (tertiary/aromatic N) is 5. The summed E-state index contributed by atoms with van der Waals surface area (Å²) in [6.45, 7) is 10.2. The van der Waals surface area contributed by atoms with Gasteiger partial charge in [-0.05, 0) is 93.2 Å². The van der Waals surface area contributed by atoms with Crippen LogP contribution in [0.3, 0.4) is 0 Å². The monoisotopic (exact) mass is 806 g/mol. The Kier molecular flexibility index (Phi) is 15.2. The summed E-state index contributed by atoms with van der Waals surface area (Å²) in [5, 5.41) is 10.2. The lowest BCUT2D eigenvalue weighted by Crippen LogP contribution is -2.08. The molecule has 0 unspecified atom stereocenters. The van der Waals surface area contributed by atoms with Gasteiger partial charge >= 0.3 is 24.3 Å². The number of aromatic amines is 1. The lowest BCUT2D eigenvalue weighted by molar-refractivity contribution is -0.142. The van der Waals surface area contributed by atoms with Crippen LogP contribution in [0.1, 0.15) is 49.9 Å². The van der Waals surface area contributed by atoms with E-state index in [9.17, 15) is 35.9 Å². The number of alkyl halides is 6. The van der Waals surface area contributed by atoms with E-state index in [0.717, 1.165) is 30.3 Å². The van der Waals surface area contributed by atoms with Gasteiger partial charge in [-0.3, -0.25) is 5.10 Å². The molecule has 0 radical (unpaired) electrons. The number of ether oxygens (including phenoxy) is 2. The van der Waals surface area contributed by atoms with E-state index < -0.39 is 29.4 Å². The van der Waals surface area contributed by atoms with Gasteiger partial charge in [0.05, 0.1) is 23.3 Å². The molecule has 0 fully saturated rings. The van der Waals surface area contributed by atoms with E-state index in [4.69, 9.17) is 9.47 Å². The number of nitrogens with one attached hydrogen (secondary N) is 1. The normalized spacial score (nSPS) is 11.7. The molecule has 0 saturated heterocycles. The van der Waals surface area contributed by atoms with Crippen LogP contribution in [-0.2, 0) is 31.4 Å². The standard InChI is InChI=1S/C16H16F3N3O2.C10H8F3N3.C6H9IO2/c1-10(2)24-14(23)4-5-22-9-20-15(21-22)12-6-11(3)7-13(8-12)16(17,18)19;1-6-2-7(9-14-5-15-16-9)4-8(3-6)10(11,12)13;1-5(2)9-6(8)3-4-7/h4-10H,1-3H3;2-5H,1H3,(H,14,15,16);3-5H,1-2H3/b5-4-;;4-3-. The molecule has 0 spiro atoms. The molecule has 264 valence electrons. The maximum absolute atomic E-state index is 12.9. The van der Waals surface area contributed by atoms with Crippen molar-refractivity contribution in [1.82, 2.24) is 29.9 Å². The Balaban J connectivity index is 0.000000286. The van der Waals surface area contributed by atoms with E-state index in [1.165, 1.54) is 29.6 Å². The van der Waals surface area contributed by atoms with Gasteiger partial charge in [0, 0.05) is 29.5 Å². The van der Waals surface area contributed by atoms with Crippen molar-refractivity contribution in [3.8, 4) is 22.8 Å². The molecular formula is C32H33F6IN6O4. The molecule has 17 heteroatoms. The number of aromatic nitrogens is 6. The van der Waals surface area contributed by atoms with Crippen molar-refractivity contribution in [1.29, 1.82) is 0 Å². The summed E-state index contributed by atoms with van der Waals surface area (Å²) < 4.78 is 88.8. The first-order chi connectivity index (χ1) is 22.8. The van der Waals surface area contributed by atoms with Crippen molar-refractivity contribution in [3.63, 3.8) is 0 Å². The molecule has 0 amide bonds. The maximum atomic E-state index is 12.9. The number of esters is 2. The second-order valence-corrected chi connectivity index (χ2v) is 11.4. The van der Waals surface area contributed by atoms with E-state index in [1.54, 1.807) is 43.9 Å². The van der Waals surface area contributed by atoms with Crippen molar-refractivity contribution >= 4 is 40.7 Å². The number of benzene rings is 2. The maximum Gasteiger partial charge on any atom is 0.416 e. The number of rotatable bonds is 7. The number of hydrogen-bond acceptors (Lipinski definition) is 8. The Morgan fingerprint density at radius 2 is 1.31 bits per heavy atom. The summed E-state index contributed by atoms with van der Waals surface area (Å²) in [5.74, 6) is -0.364. The van der Waals surface area contributed by atoms with Crippen LogP contribution >= 0.6 is 22.6 Å². The Labute approximate surface area is 291 Å². The highest BCUT2D eigenvalue weighted by atomic mass is 127. The van der Waals surface area contributed by atoms with Gasteiger partial charge in [0.2, 0.25) is 0 Å². The van der Waals surface area contributed by atoms with Crippen molar-refractivity contribution < 1.29 is 45.4 Å². The van der Waals surface area contributed by atoms with E-state index in [2.05, 4.69) is 25.3 Å². The molecule has 10 nitrogen and oxygen atoms in total. The average Bonchev–Trinajstić information content (AvgIpc) is 3.68. The topological polar surface area (TPSA) is 125 Å².